The minimum Gasteiger partial charge on any atom is -0.496 e. The molecule has 0 unspecified atom stereocenters. The third kappa shape index (κ3) is 4.55. The molecular weight excluding hydrogens is 332 g/mol. The molecule has 0 fully saturated rings. The smallest absolute Gasteiger partial charge is 0.266 e. The number of allylic oxidation sites excluding steroid dienone is 1. The van der Waals surface area contributed by atoms with E-state index in [1.165, 1.54) is 0 Å². The average Bonchev–Trinajstić information content (AvgIpc) is 2.63. The quantitative estimate of drug-likeness (QED) is 0.570. The van der Waals surface area contributed by atoms with Gasteiger partial charge in [-0.1, -0.05) is 25.5 Å². The summed E-state index contributed by atoms with van der Waals surface area (Å²) in [4.78, 5) is 15.9. The Morgan fingerprint density at radius 3 is 2.80 bits per heavy atom. The summed E-state index contributed by atoms with van der Waals surface area (Å²) in [6, 6.07) is 9.46. The summed E-state index contributed by atoms with van der Waals surface area (Å²) in [7, 11) is 1.64. The molecule has 0 aliphatic heterocycles. The summed E-state index contributed by atoms with van der Waals surface area (Å²) in [6.07, 6.45) is 6.09. The van der Waals surface area contributed by atoms with Crippen LogP contribution in [-0.4, -0.2) is 17.8 Å². The Morgan fingerprint density at radius 2 is 2.16 bits per heavy atom. The molecule has 130 valence electrons. The molecule has 0 bridgehead atoms. The number of benzene rings is 1. The maximum absolute atomic E-state index is 12.1. The van der Waals surface area contributed by atoms with Crippen molar-refractivity contribution in [2.75, 3.05) is 12.9 Å². The van der Waals surface area contributed by atoms with Crippen molar-refractivity contribution in [3.63, 3.8) is 0 Å². The maximum Gasteiger partial charge on any atom is 0.266 e. The lowest BCUT2D eigenvalue weighted by molar-refractivity contribution is 0.414. The van der Waals surface area contributed by atoms with Crippen molar-refractivity contribution < 1.29 is 4.74 Å². The summed E-state index contributed by atoms with van der Waals surface area (Å²) >= 11 is 1.66. The number of aromatic amines is 1. The van der Waals surface area contributed by atoms with Gasteiger partial charge in [0, 0.05) is 16.0 Å². The van der Waals surface area contributed by atoms with Crippen LogP contribution >= 0.6 is 11.8 Å². The Balaban J connectivity index is 2.56. The van der Waals surface area contributed by atoms with E-state index in [2.05, 4.69) is 11.9 Å². The number of ether oxygens (including phenoxy) is 1. The van der Waals surface area contributed by atoms with Crippen LogP contribution in [0.2, 0.25) is 0 Å². The fourth-order valence-corrected chi connectivity index (χ4v) is 3.62. The van der Waals surface area contributed by atoms with Crippen LogP contribution in [-0.2, 0) is 0 Å². The molecule has 0 amide bonds. The van der Waals surface area contributed by atoms with E-state index in [0.29, 0.717) is 0 Å². The molecule has 1 N–H and O–H groups in total. The average molecular weight is 354 g/mol. The molecule has 0 aliphatic carbocycles. The number of H-pyrrole nitrogens is 1. The highest BCUT2D eigenvalue weighted by Gasteiger charge is 2.12. The molecule has 0 aliphatic rings. The van der Waals surface area contributed by atoms with Gasteiger partial charge in [0.15, 0.2) is 0 Å². The van der Waals surface area contributed by atoms with Crippen LogP contribution in [0.3, 0.4) is 0 Å². The number of nitrogens with one attached hydrogen (secondary N) is 1. The molecule has 0 spiro atoms. The molecule has 2 aromatic rings. The molecule has 1 aromatic heterocycles. The number of pyridine rings is 1. The number of nitrogens with zero attached hydrogens (tertiary/aromatic N) is 1. The first-order valence-corrected chi connectivity index (χ1v) is 9.24. The molecule has 4 nitrogen and oxygen atoms in total. The lowest BCUT2D eigenvalue weighted by Crippen LogP contribution is -2.12. The Hall–Kier alpha value is -2.45. The van der Waals surface area contributed by atoms with Gasteiger partial charge in [-0.25, -0.2) is 0 Å². The summed E-state index contributed by atoms with van der Waals surface area (Å²) < 4.78 is 5.39. The molecule has 5 heteroatoms. The second-order valence-electron chi connectivity index (χ2n) is 5.52. The van der Waals surface area contributed by atoms with Crippen molar-refractivity contribution >= 4 is 17.8 Å². The second-order valence-corrected chi connectivity index (χ2v) is 6.66. The number of thioether (sulfide) groups is 1. The van der Waals surface area contributed by atoms with Gasteiger partial charge < -0.3 is 9.72 Å². The number of unbranched alkanes of at least 4 members (excludes halogenated alkanes) is 1. The second kappa shape index (κ2) is 9.14. The van der Waals surface area contributed by atoms with Crippen molar-refractivity contribution in [2.24, 2.45) is 0 Å². The number of hydrogen-bond acceptors (Lipinski definition) is 4. The normalized spacial score (nSPS) is 10.8. The van der Waals surface area contributed by atoms with E-state index in [4.69, 9.17) is 10.00 Å². The summed E-state index contributed by atoms with van der Waals surface area (Å²) in [5.41, 5.74) is 2.37. The highest BCUT2D eigenvalue weighted by Crippen LogP contribution is 2.33. The van der Waals surface area contributed by atoms with E-state index in [0.717, 1.165) is 46.1 Å². The van der Waals surface area contributed by atoms with Crippen molar-refractivity contribution in [1.29, 1.82) is 5.26 Å². The Labute approximate surface area is 152 Å². The van der Waals surface area contributed by atoms with Crippen LogP contribution in [0.5, 0.6) is 5.75 Å². The number of hydrogen-bond donors (Lipinski definition) is 1. The number of rotatable bonds is 7. The predicted octanol–water partition coefficient (Wildman–Crippen LogP) is 4.85. The van der Waals surface area contributed by atoms with Gasteiger partial charge in [-0.05, 0) is 43.4 Å². The van der Waals surface area contributed by atoms with E-state index in [-0.39, 0.29) is 11.1 Å². The highest BCUT2D eigenvalue weighted by atomic mass is 32.2. The lowest BCUT2D eigenvalue weighted by atomic mass is 10.1. The van der Waals surface area contributed by atoms with Gasteiger partial charge in [0.25, 0.3) is 5.56 Å². The molecule has 0 saturated carbocycles. The molecule has 1 heterocycles. The van der Waals surface area contributed by atoms with Crippen molar-refractivity contribution in [1.82, 2.24) is 4.98 Å². The van der Waals surface area contributed by atoms with E-state index in [1.807, 2.05) is 43.3 Å². The minimum atomic E-state index is -0.360. The predicted molar refractivity (Wildman–Crippen MR) is 104 cm³/mol. The van der Waals surface area contributed by atoms with Gasteiger partial charge in [0.1, 0.15) is 17.4 Å². The molecule has 25 heavy (non-hydrogen) atoms. The fourth-order valence-electron chi connectivity index (χ4n) is 2.45. The molecule has 0 saturated heterocycles. The molecular formula is C20H22N2O2S. The Kier molecular flexibility index (Phi) is 6.91. The van der Waals surface area contributed by atoms with Gasteiger partial charge in [-0.15, -0.1) is 11.8 Å². The van der Waals surface area contributed by atoms with Crippen LogP contribution in [0.25, 0.3) is 17.3 Å². The van der Waals surface area contributed by atoms with Crippen molar-refractivity contribution in [2.45, 2.75) is 31.6 Å². The van der Waals surface area contributed by atoms with Gasteiger partial charge in [0.2, 0.25) is 0 Å². The minimum absolute atomic E-state index is 0.143. The van der Waals surface area contributed by atoms with Crippen molar-refractivity contribution in [3.8, 4) is 23.1 Å². The standard InChI is InChI=1S/C20H22N2O2S/c1-4-6-10-25-18-12-16(13-21)20(23)22-19(18)15-8-9-17(24-3)14(11-15)7-5-2/h5,7-9,11-12H,4,6,10H2,1-3H3,(H,22,23)/b7-5+. The van der Waals surface area contributed by atoms with Crippen LogP contribution in [0, 0.1) is 11.3 Å². The number of methoxy groups -OCH3 is 1. The maximum atomic E-state index is 12.1. The topological polar surface area (TPSA) is 65.9 Å². The number of aromatic nitrogens is 1. The lowest BCUT2D eigenvalue weighted by Gasteiger charge is -2.12. The van der Waals surface area contributed by atoms with E-state index >= 15 is 0 Å². The van der Waals surface area contributed by atoms with Crippen LogP contribution in [0.15, 0.2) is 40.0 Å². The summed E-state index contributed by atoms with van der Waals surface area (Å²) in [5, 5.41) is 9.15. The zero-order valence-corrected chi connectivity index (χ0v) is 15.6. The Morgan fingerprint density at radius 1 is 1.36 bits per heavy atom. The van der Waals surface area contributed by atoms with Crippen LogP contribution in [0.4, 0.5) is 0 Å². The highest BCUT2D eigenvalue weighted by molar-refractivity contribution is 7.99. The SMILES string of the molecule is C/C=C/c1cc(-c2[nH]c(=O)c(C#N)cc2SCCCC)ccc1OC. The van der Waals surface area contributed by atoms with Crippen molar-refractivity contribution in [3.05, 3.63) is 51.8 Å². The third-order valence-corrected chi connectivity index (χ3v) is 4.87. The monoisotopic (exact) mass is 354 g/mol. The third-order valence-electron chi connectivity index (χ3n) is 3.75. The zero-order chi connectivity index (χ0) is 18.2. The van der Waals surface area contributed by atoms with Crippen LogP contribution < -0.4 is 10.3 Å². The van der Waals surface area contributed by atoms with E-state index in [9.17, 15) is 4.79 Å². The molecule has 2 rings (SSSR count). The van der Waals surface area contributed by atoms with Gasteiger partial charge in [-0.3, -0.25) is 4.79 Å². The summed E-state index contributed by atoms with van der Waals surface area (Å²) in [5.74, 6) is 1.72. The first kappa shape index (κ1) is 18.9. The first-order chi connectivity index (χ1) is 12.1. The molecule has 0 radical (unpaired) electrons. The zero-order valence-electron chi connectivity index (χ0n) is 14.8. The molecule has 0 atom stereocenters. The number of nitriles is 1. The Bertz CT molecular complexity index is 863. The largest absolute Gasteiger partial charge is 0.496 e. The van der Waals surface area contributed by atoms with E-state index < -0.39 is 0 Å². The van der Waals surface area contributed by atoms with Gasteiger partial charge in [-0.2, -0.15) is 5.26 Å². The van der Waals surface area contributed by atoms with Gasteiger partial charge >= 0.3 is 0 Å². The first-order valence-electron chi connectivity index (χ1n) is 8.25. The van der Waals surface area contributed by atoms with Crippen LogP contribution in [0.1, 0.15) is 37.8 Å². The van der Waals surface area contributed by atoms with E-state index in [1.54, 1.807) is 24.9 Å². The van der Waals surface area contributed by atoms with Gasteiger partial charge in [0.05, 0.1) is 12.8 Å². The fraction of sp³-hybridized carbons (Fsp3) is 0.300. The summed E-state index contributed by atoms with van der Waals surface area (Å²) in [6.45, 7) is 4.09. The molecule has 1 aromatic carbocycles.